The molecule has 0 fully saturated rings. The van der Waals surface area contributed by atoms with E-state index >= 15 is 0 Å². The van der Waals surface area contributed by atoms with E-state index in [0.29, 0.717) is 35.0 Å². The number of amides is 1. The van der Waals surface area contributed by atoms with Gasteiger partial charge in [-0.2, -0.15) is 0 Å². The summed E-state index contributed by atoms with van der Waals surface area (Å²) < 4.78 is 4.87. The van der Waals surface area contributed by atoms with Crippen LogP contribution in [0.3, 0.4) is 0 Å². The van der Waals surface area contributed by atoms with Gasteiger partial charge >= 0.3 is 5.97 Å². The molecule has 0 radical (unpaired) electrons. The van der Waals surface area contributed by atoms with Gasteiger partial charge in [0.15, 0.2) is 5.78 Å². The van der Waals surface area contributed by atoms with E-state index in [2.05, 4.69) is 5.32 Å². The van der Waals surface area contributed by atoms with E-state index in [1.807, 2.05) is 6.07 Å². The lowest BCUT2D eigenvalue weighted by molar-refractivity contribution is -0.143. The van der Waals surface area contributed by atoms with Crippen LogP contribution in [0.25, 0.3) is 0 Å². The maximum absolute atomic E-state index is 12.8. The Labute approximate surface area is 169 Å². The molecule has 1 N–H and O–H groups in total. The summed E-state index contributed by atoms with van der Waals surface area (Å²) in [6, 6.07) is 13.5. The van der Waals surface area contributed by atoms with Crippen LogP contribution in [0.1, 0.15) is 29.3 Å². The maximum atomic E-state index is 12.8. The molecule has 0 saturated heterocycles. The van der Waals surface area contributed by atoms with Crippen molar-refractivity contribution in [3.63, 3.8) is 0 Å². The minimum atomic E-state index is -0.303. The number of ether oxygens (including phenoxy) is 1. The SMILES string of the molecule is CCOC(=O)CCN(C)CC(=O)Nc1ccc(Cl)cc1C(=O)c1ccccc1. The number of ketones is 1. The fourth-order valence-electron chi connectivity index (χ4n) is 2.59. The van der Waals surface area contributed by atoms with Gasteiger partial charge in [0.2, 0.25) is 5.91 Å². The Balaban J connectivity index is 2.04. The molecule has 0 aliphatic carbocycles. The molecular weight excluding hydrogens is 380 g/mol. The second-order valence-electron chi connectivity index (χ2n) is 6.23. The minimum Gasteiger partial charge on any atom is -0.466 e. The number of nitrogens with one attached hydrogen (secondary N) is 1. The van der Waals surface area contributed by atoms with Crippen LogP contribution in [-0.4, -0.2) is 49.3 Å². The summed E-state index contributed by atoms with van der Waals surface area (Å²) in [4.78, 5) is 38.3. The Bertz CT molecular complexity index is 840. The lowest BCUT2D eigenvalue weighted by atomic mass is 10.0. The number of hydrogen-bond donors (Lipinski definition) is 1. The van der Waals surface area contributed by atoms with Gasteiger partial charge in [0.25, 0.3) is 0 Å². The van der Waals surface area contributed by atoms with Crippen molar-refractivity contribution >= 4 is 34.9 Å². The fraction of sp³-hybridized carbons (Fsp3) is 0.286. The fourth-order valence-corrected chi connectivity index (χ4v) is 2.76. The smallest absolute Gasteiger partial charge is 0.307 e. The number of anilines is 1. The first-order valence-electron chi connectivity index (χ1n) is 8.94. The van der Waals surface area contributed by atoms with Crippen molar-refractivity contribution < 1.29 is 19.1 Å². The Morgan fingerprint density at radius 2 is 1.82 bits per heavy atom. The zero-order valence-corrected chi connectivity index (χ0v) is 16.7. The van der Waals surface area contributed by atoms with Crippen molar-refractivity contribution in [3.05, 3.63) is 64.7 Å². The van der Waals surface area contributed by atoms with Crippen LogP contribution < -0.4 is 5.32 Å². The van der Waals surface area contributed by atoms with Gasteiger partial charge in [0.05, 0.1) is 25.3 Å². The third kappa shape index (κ3) is 6.48. The third-order valence-electron chi connectivity index (χ3n) is 3.95. The van der Waals surface area contributed by atoms with Crippen LogP contribution in [0.4, 0.5) is 5.69 Å². The average Bonchev–Trinajstić information content (AvgIpc) is 2.68. The molecule has 2 rings (SSSR count). The molecule has 0 aliphatic heterocycles. The zero-order valence-electron chi connectivity index (χ0n) is 15.9. The number of hydrogen-bond acceptors (Lipinski definition) is 5. The molecular formula is C21H23ClN2O4. The first kappa shape index (κ1) is 21.6. The van der Waals surface area contributed by atoms with E-state index in [4.69, 9.17) is 16.3 Å². The highest BCUT2D eigenvalue weighted by Gasteiger charge is 2.17. The van der Waals surface area contributed by atoms with Gasteiger partial charge in [-0.25, -0.2) is 0 Å². The summed E-state index contributed by atoms with van der Waals surface area (Å²) in [5.41, 5.74) is 1.22. The lowest BCUT2D eigenvalue weighted by Crippen LogP contribution is -2.32. The summed E-state index contributed by atoms with van der Waals surface area (Å²) in [7, 11) is 1.73. The van der Waals surface area contributed by atoms with E-state index in [-0.39, 0.29) is 30.6 Å². The third-order valence-corrected chi connectivity index (χ3v) is 4.19. The van der Waals surface area contributed by atoms with E-state index in [1.54, 1.807) is 55.3 Å². The van der Waals surface area contributed by atoms with Crippen LogP contribution in [-0.2, 0) is 14.3 Å². The Morgan fingerprint density at radius 1 is 1.11 bits per heavy atom. The van der Waals surface area contributed by atoms with Gasteiger partial charge in [-0.05, 0) is 32.2 Å². The molecule has 0 heterocycles. The highest BCUT2D eigenvalue weighted by atomic mass is 35.5. The van der Waals surface area contributed by atoms with E-state index in [0.717, 1.165) is 0 Å². The molecule has 0 saturated carbocycles. The predicted molar refractivity (Wildman–Crippen MR) is 109 cm³/mol. The molecule has 28 heavy (non-hydrogen) atoms. The predicted octanol–water partition coefficient (Wildman–Crippen LogP) is 3.39. The number of likely N-dealkylation sites (N-methyl/N-ethyl adjacent to an activating group) is 1. The molecule has 148 valence electrons. The number of halogens is 1. The standard InChI is InChI=1S/C21H23ClN2O4/c1-3-28-20(26)11-12-24(2)14-19(25)23-18-10-9-16(22)13-17(18)21(27)15-7-5-4-6-8-15/h4-10,13H,3,11-12,14H2,1-2H3,(H,23,25). The van der Waals surface area contributed by atoms with Crippen molar-refractivity contribution in [1.29, 1.82) is 0 Å². The molecule has 2 aromatic carbocycles. The van der Waals surface area contributed by atoms with E-state index in [1.165, 1.54) is 6.07 Å². The van der Waals surface area contributed by atoms with Crippen molar-refractivity contribution in [1.82, 2.24) is 4.90 Å². The van der Waals surface area contributed by atoms with Crippen molar-refractivity contribution in [3.8, 4) is 0 Å². The Morgan fingerprint density at radius 3 is 2.50 bits per heavy atom. The minimum absolute atomic E-state index is 0.0704. The maximum Gasteiger partial charge on any atom is 0.307 e. The highest BCUT2D eigenvalue weighted by molar-refractivity contribution is 6.31. The summed E-state index contributed by atoms with van der Waals surface area (Å²) in [6.45, 7) is 2.54. The Hall–Kier alpha value is -2.70. The van der Waals surface area contributed by atoms with Gasteiger partial charge in [0, 0.05) is 22.7 Å². The monoisotopic (exact) mass is 402 g/mol. The summed E-state index contributed by atoms with van der Waals surface area (Å²) in [6.07, 6.45) is 0.205. The topological polar surface area (TPSA) is 75.7 Å². The molecule has 0 aliphatic rings. The van der Waals surface area contributed by atoms with E-state index in [9.17, 15) is 14.4 Å². The second kappa shape index (κ2) is 10.6. The van der Waals surface area contributed by atoms with Crippen LogP contribution in [0.2, 0.25) is 5.02 Å². The van der Waals surface area contributed by atoms with Crippen LogP contribution >= 0.6 is 11.6 Å². The van der Waals surface area contributed by atoms with Crippen molar-refractivity contribution in [2.75, 3.05) is 32.1 Å². The first-order valence-corrected chi connectivity index (χ1v) is 9.31. The number of rotatable bonds is 9. The number of esters is 1. The molecule has 0 atom stereocenters. The molecule has 0 unspecified atom stereocenters. The van der Waals surface area contributed by atoms with E-state index < -0.39 is 0 Å². The van der Waals surface area contributed by atoms with Gasteiger partial charge in [-0.3, -0.25) is 19.3 Å². The summed E-state index contributed by atoms with van der Waals surface area (Å²) in [5.74, 6) is -0.826. The van der Waals surface area contributed by atoms with Gasteiger partial charge in [-0.1, -0.05) is 41.9 Å². The van der Waals surface area contributed by atoms with Crippen LogP contribution in [0.5, 0.6) is 0 Å². The molecule has 7 heteroatoms. The van der Waals surface area contributed by atoms with Gasteiger partial charge < -0.3 is 10.1 Å². The summed E-state index contributed by atoms with van der Waals surface area (Å²) >= 11 is 6.05. The zero-order chi connectivity index (χ0) is 20.5. The first-order chi connectivity index (χ1) is 13.4. The Kier molecular flexibility index (Phi) is 8.17. The van der Waals surface area contributed by atoms with Gasteiger partial charge in [-0.15, -0.1) is 0 Å². The van der Waals surface area contributed by atoms with Crippen LogP contribution in [0.15, 0.2) is 48.5 Å². The molecule has 0 aromatic heterocycles. The molecule has 2 aromatic rings. The van der Waals surface area contributed by atoms with Crippen molar-refractivity contribution in [2.24, 2.45) is 0 Å². The van der Waals surface area contributed by atoms with Crippen LogP contribution in [0, 0.1) is 0 Å². The number of nitrogens with zero attached hydrogens (tertiary/aromatic N) is 1. The molecule has 6 nitrogen and oxygen atoms in total. The largest absolute Gasteiger partial charge is 0.466 e. The lowest BCUT2D eigenvalue weighted by Gasteiger charge is -2.17. The quantitative estimate of drug-likeness (QED) is 0.514. The second-order valence-corrected chi connectivity index (χ2v) is 6.66. The molecule has 0 spiro atoms. The molecule has 1 amide bonds. The highest BCUT2D eigenvalue weighted by Crippen LogP contribution is 2.23. The normalized spacial score (nSPS) is 10.6. The molecule has 0 bridgehead atoms. The van der Waals surface area contributed by atoms with Crippen molar-refractivity contribution in [2.45, 2.75) is 13.3 Å². The average molecular weight is 403 g/mol. The number of benzene rings is 2. The number of carbonyl (C=O) groups excluding carboxylic acids is 3. The number of carbonyl (C=O) groups is 3. The summed E-state index contributed by atoms with van der Waals surface area (Å²) in [5, 5.41) is 3.16. The van der Waals surface area contributed by atoms with Gasteiger partial charge in [0.1, 0.15) is 0 Å².